The molecular weight excluding hydrogens is 508 g/mol. The number of quaternary nitrogens is 2. The lowest BCUT2D eigenvalue weighted by Crippen LogP contribution is -2.45. The van der Waals surface area contributed by atoms with Gasteiger partial charge in [-0.3, -0.25) is 0 Å². The summed E-state index contributed by atoms with van der Waals surface area (Å²) in [5.41, 5.74) is 0. The molecule has 0 amide bonds. The molecule has 0 aromatic heterocycles. The third-order valence-corrected chi connectivity index (χ3v) is 11.8. The number of rotatable bonds is 3. The zero-order valence-corrected chi connectivity index (χ0v) is 30.1. The van der Waals surface area contributed by atoms with Gasteiger partial charge in [-0.05, 0) is 76.5 Å². The Morgan fingerprint density at radius 2 is 0.619 bits per heavy atom. The Morgan fingerprint density at radius 3 is 0.929 bits per heavy atom. The highest BCUT2D eigenvalue weighted by Gasteiger charge is 2.19. The second-order valence-corrected chi connectivity index (χ2v) is 16.4. The Morgan fingerprint density at radius 1 is 0.357 bits per heavy atom. The highest BCUT2D eigenvalue weighted by atomic mass is 15.3. The molecule has 0 aromatic carbocycles. The van der Waals surface area contributed by atoms with Crippen LogP contribution in [-0.2, 0) is 0 Å². The first-order chi connectivity index (χ1) is 20.4. The molecular formula is C40H82N2+2. The fraction of sp³-hybridized carbons (Fsp3) is 1.00. The largest absolute Gasteiger partial charge is 0.328 e. The molecule has 2 heteroatoms. The molecule has 0 N–H and O–H groups in total. The van der Waals surface area contributed by atoms with E-state index in [1.165, 1.54) is 221 Å². The van der Waals surface area contributed by atoms with Crippen LogP contribution >= 0.6 is 0 Å². The molecule has 2 saturated heterocycles. The average molecular weight is 591 g/mol. The minimum Gasteiger partial charge on any atom is -0.328 e. The third-order valence-electron chi connectivity index (χ3n) is 11.8. The van der Waals surface area contributed by atoms with E-state index in [9.17, 15) is 0 Å². The number of hydrogen-bond acceptors (Lipinski definition) is 0. The molecule has 2 nitrogen and oxygen atoms in total. The summed E-state index contributed by atoms with van der Waals surface area (Å²) >= 11 is 0. The van der Waals surface area contributed by atoms with E-state index >= 15 is 0 Å². The Hall–Kier alpha value is -0.0800. The Kier molecular flexibility index (Phi) is 21.9. The first-order valence-electron chi connectivity index (χ1n) is 20.1. The van der Waals surface area contributed by atoms with Crippen LogP contribution in [0, 0.1) is 11.8 Å². The lowest BCUT2D eigenvalue weighted by atomic mass is 9.81. The van der Waals surface area contributed by atoms with Crippen LogP contribution in [-0.4, -0.2) is 62.8 Å². The smallest absolute Gasteiger partial charge is 0.0784 e. The van der Waals surface area contributed by atoms with Crippen LogP contribution in [0.5, 0.6) is 0 Å². The van der Waals surface area contributed by atoms with Gasteiger partial charge in [-0.1, -0.05) is 128 Å². The summed E-state index contributed by atoms with van der Waals surface area (Å²) in [6.45, 7) is 9.35. The summed E-state index contributed by atoms with van der Waals surface area (Å²) in [5, 5.41) is 0. The topological polar surface area (TPSA) is 0 Å². The fourth-order valence-electron chi connectivity index (χ4n) is 8.40. The van der Waals surface area contributed by atoms with Gasteiger partial charge in [-0.2, -0.15) is 0 Å². The first kappa shape index (κ1) is 38.1. The zero-order chi connectivity index (χ0) is 30.2. The molecule has 0 aliphatic carbocycles. The normalized spacial score (nSPS) is 31.1. The van der Waals surface area contributed by atoms with Crippen LogP contribution in [0.3, 0.4) is 0 Å². The van der Waals surface area contributed by atoms with Crippen molar-refractivity contribution in [2.24, 2.45) is 11.8 Å². The highest BCUT2D eigenvalue weighted by molar-refractivity contribution is 4.69. The van der Waals surface area contributed by atoms with Crippen LogP contribution in [0.4, 0.5) is 0 Å². The standard InChI is InChI=1S/C40H82N2/c1-5-42(4)36-28-20-11-7-9-15-23-31-40(33-25-17-13-21-29-37-42)38-39-30-22-14-8-6-10-18-26-34-41(2,3)35-27-19-12-16-24-32-39/h39-40H,5-38H2,1-4H3/q+2. The fourth-order valence-corrected chi connectivity index (χ4v) is 8.40. The summed E-state index contributed by atoms with van der Waals surface area (Å²) in [4.78, 5) is 0. The van der Waals surface area contributed by atoms with Gasteiger partial charge in [0.15, 0.2) is 0 Å². The molecule has 42 heavy (non-hydrogen) atoms. The average Bonchev–Trinajstić information content (AvgIpc) is 2.97. The van der Waals surface area contributed by atoms with Crippen LogP contribution in [0.2, 0.25) is 0 Å². The van der Waals surface area contributed by atoms with Crippen molar-refractivity contribution in [1.29, 1.82) is 0 Å². The van der Waals surface area contributed by atoms with E-state index in [1.807, 2.05) is 0 Å². The van der Waals surface area contributed by atoms with E-state index in [1.54, 1.807) is 6.42 Å². The monoisotopic (exact) mass is 591 g/mol. The molecule has 250 valence electrons. The summed E-state index contributed by atoms with van der Waals surface area (Å²) in [6, 6.07) is 0. The molecule has 2 heterocycles. The van der Waals surface area contributed by atoms with Crippen molar-refractivity contribution in [3.63, 3.8) is 0 Å². The minimum absolute atomic E-state index is 1.02. The lowest BCUT2D eigenvalue weighted by molar-refractivity contribution is -0.908. The molecule has 3 atom stereocenters. The maximum Gasteiger partial charge on any atom is 0.0784 e. The molecule has 0 spiro atoms. The predicted molar refractivity (Wildman–Crippen MR) is 189 cm³/mol. The predicted octanol–water partition coefficient (Wildman–Crippen LogP) is 12.1. The van der Waals surface area contributed by atoms with Gasteiger partial charge in [-0.15, -0.1) is 0 Å². The lowest BCUT2D eigenvalue weighted by Gasteiger charge is -2.33. The van der Waals surface area contributed by atoms with Crippen molar-refractivity contribution in [2.45, 2.75) is 193 Å². The van der Waals surface area contributed by atoms with Crippen molar-refractivity contribution in [1.82, 2.24) is 0 Å². The maximum atomic E-state index is 2.53. The van der Waals surface area contributed by atoms with Gasteiger partial charge in [0.1, 0.15) is 0 Å². The van der Waals surface area contributed by atoms with Crippen molar-refractivity contribution in [2.75, 3.05) is 53.9 Å². The SMILES string of the molecule is CC[N+]1(C)CCCCCCCCCC(CC2CCCCCCCCC[N+](C)(C)CCCCCCC2)CCCCCCC1. The van der Waals surface area contributed by atoms with Crippen molar-refractivity contribution in [3.8, 4) is 0 Å². The summed E-state index contributed by atoms with van der Waals surface area (Å²) in [6.07, 6.45) is 43.2. The minimum atomic E-state index is 1.02. The molecule has 2 fully saturated rings. The zero-order valence-electron chi connectivity index (χ0n) is 30.1. The van der Waals surface area contributed by atoms with Gasteiger partial charge in [0.25, 0.3) is 0 Å². The van der Waals surface area contributed by atoms with E-state index in [2.05, 4.69) is 28.1 Å². The van der Waals surface area contributed by atoms with Crippen molar-refractivity contribution < 1.29 is 8.97 Å². The van der Waals surface area contributed by atoms with Gasteiger partial charge in [0.05, 0.1) is 53.9 Å². The first-order valence-corrected chi connectivity index (χ1v) is 20.1. The van der Waals surface area contributed by atoms with Gasteiger partial charge < -0.3 is 8.97 Å². The molecule has 0 radical (unpaired) electrons. The van der Waals surface area contributed by atoms with Crippen LogP contribution in [0.1, 0.15) is 193 Å². The second-order valence-electron chi connectivity index (χ2n) is 16.4. The summed E-state index contributed by atoms with van der Waals surface area (Å²) < 4.78 is 2.57. The van der Waals surface area contributed by atoms with E-state index in [4.69, 9.17) is 0 Å². The second kappa shape index (κ2) is 24.2. The number of nitrogens with zero attached hydrogens (tertiary/aromatic N) is 2. The molecule has 3 unspecified atom stereocenters. The van der Waals surface area contributed by atoms with Crippen molar-refractivity contribution in [3.05, 3.63) is 0 Å². The van der Waals surface area contributed by atoms with Gasteiger partial charge in [-0.25, -0.2) is 0 Å². The van der Waals surface area contributed by atoms with E-state index in [0.29, 0.717) is 0 Å². The Balaban J connectivity index is 1.84. The Labute approximate surface area is 267 Å². The van der Waals surface area contributed by atoms with Crippen LogP contribution in [0.25, 0.3) is 0 Å². The third kappa shape index (κ3) is 20.0. The molecule has 2 aliphatic heterocycles. The van der Waals surface area contributed by atoms with E-state index in [-0.39, 0.29) is 0 Å². The highest BCUT2D eigenvalue weighted by Crippen LogP contribution is 2.31. The Bertz CT molecular complexity index is 600. The molecule has 2 rings (SSSR count). The summed E-state index contributed by atoms with van der Waals surface area (Å²) in [7, 11) is 7.47. The molecule has 0 saturated carbocycles. The summed E-state index contributed by atoms with van der Waals surface area (Å²) in [5.74, 6) is 2.04. The van der Waals surface area contributed by atoms with Crippen LogP contribution in [0.15, 0.2) is 0 Å². The maximum absolute atomic E-state index is 2.53. The quantitative estimate of drug-likeness (QED) is 0.287. The molecule has 2 aliphatic rings. The molecule has 0 aromatic rings. The molecule has 0 bridgehead atoms. The van der Waals surface area contributed by atoms with E-state index in [0.717, 1.165) is 11.8 Å². The van der Waals surface area contributed by atoms with Gasteiger partial charge >= 0.3 is 0 Å². The van der Waals surface area contributed by atoms with Crippen LogP contribution < -0.4 is 0 Å². The van der Waals surface area contributed by atoms with Crippen molar-refractivity contribution >= 4 is 0 Å². The van der Waals surface area contributed by atoms with E-state index < -0.39 is 0 Å². The van der Waals surface area contributed by atoms with Gasteiger partial charge in [0, 0.05) is 0 Å². The van der Waals surface area contributed by atoms with Gasteiger partial charge in [0.2, 0.25) is 0 Å². The number of hydrogen-bond donors (Lipinski definition) is 0.